The zero-order valence-corrected chi connectivity index (χ0v) is 22.7. The summed E-state index contributed by atoms with van der Waals surface area (Å²) < 4.78 is 46.8. The molecule has 2 amide bonds. The maximum absolute atomic E-state index is 12.9. The van der Waals surface area contributed by atoms with Gasteiger partial charge in [0, 0.05) is 47.3 Å². The molecule has 1 fully saturated rings. The van der Waals surface area contributed by atoms with E-state index in [1.807, 2.05) is 37.3 Å². The Kier molecular flexibility index (Phi) is 8.44. The Morgan fingerprint density at radius 3 is 2.00 bits per heavy atom. The molecule has 1 aliphatic rings. The molecule has 0 bridgehead atoms. The van der Waals surface area contributed by atoms with Crippen molar-refractivity contribution in [1.29, 1.82) is 0 Å². The van der Waals surface area contributed by atoms with Gasteiger partial charge in [-0.05, 0) is 84.3 Å². The molecule has 0 unspecified atom stereocenters. The molecule has 2 N–H and O–H groups in total. The van der Waals surface area contributed by atoms with Crippen molar-refractivity contribution in [2.24, 2.45) is 0 Å². The fourth-order valence-corrected chi connectivity index (χ4v) is 4.63. The minimum absolute atomic E-state index is 0.167. The first-order chi connectivity index (χ1) is 20.1. The van der Waals surface area contributed by atoms with E-state index in [1.54, 1.807) is 36.4 Å². The third-order valence-corrected chi connectivity index (χ3v) is 6.78. The van der Waals surface area contributed by atoms with Crippen molar-refractivity contribution >= 4 is 28.9 Å². The normalized spacial score (nSPS) is 13.4. The second-order valence-electron chi connectivity index (χ2n) is 9.74. The van der Waals surface area contributed by atoms with Crippen LogP contribution >= 0.6 is 0 Å². The van der Waals surface area contributed by atoms with Crippen LogP contribution in [0.5, 0.6) is 5.75 Å². The lowest BCUT2D eigenvalue weighted by Gasteiger charge is -2.28. The number of benzene rings is 4. The number of hydrogen-bond acceptors (Lipinski definition) is 5. The van der Waals surface area contributed by atoms with E-state index < -0.39 is 18.0 Å². The van der Waals surface area contributed by atoms with E-state index in [0.29, 0.717) is 30.0 Å². The smallest absolute Gasteiger partial charge is 0.406 e. The van der Waals surface area contributed by atoms with Crippen molar-refractivity contribution in [3.8, 4) is 16.9 Å². The number of alkyl halides is 3. The van der Waals surface area contributed by atoms with Gasteiger partial charge < -0.3 is 25.0 Å². The number of carbonyl (C=O) groups is 2. The van der Waals surface area contributed by atoms with Gasteiger partial charge in [-0.3, -0.25) is 9.59 Å². The molecule has 7 nitrogen and oxygen atoms in total. The van der Waals surface area contributed by atoms with Crippen LogP contribution in [0.4, 0.5) is 30.2 Å². The molecule has 0 aromatic heterocycles. The van der Waals surface area contributed by atoms with Gasteiger partial charge in [-0.15, -0.1) is 13.2 Å². The summed E-state index contributed by atoms with van der Waals surface area (Å²) in [5.74, 6) is -1.14. The molecule has 1 saturated heterocycles. The highest BCUT2D eigenvalue weighted by Gasteiger charge is 2.31. The maximum atomic E-state index is 12.9. The SMILES string of the molecule is Cc1ccc(NC(=O)c2ccc(N3CCOCC3)cc2)cc1-c1ccc(C(=O)Nc2cccc(OC(F)(F)F)c2)cc1. The van der Waals surface area contributed by atoms with Crippen molar-refractivity contribution in [1.82, 2.24) is 0 Å². The van der Waals surface area contributed by atoms with Gasteiger partial charge in [-0.1, -0.05) is 24.3 Å². The van der Waals surface area contributed by atoms with Gasteiger partial charge in [0.05, 0.1) is 13.2 Å². The lowest BCUT2D eigenvalue weighted by atomic mass is 9.98. The van der Waals surface area contributed by atoms with Crippen molar-refractivity contribution in [2.75, 3.05) is 41.8 Å². The first-order valence-electron chi connectivity index (χ1n) is 13.3. The molecule has 0 radical (unpaired) electrons. The summed E-state index contributed by atoms with van der Waals surface area (Å²) in [5.41, 5.74) is 5.38. The van der Waals surface area contributed by atoms with Crippen LogP contribution in [0.2, 0.25) is 0 Å². The molecular weight excluding hydrogens is 547 g/mol. The highest BCUT2D eigenvalue weighted by molar-refractivity contribution is 6.05. The van der Waals surface area contributed by atoms with E-state index in [0.717, 1.165) is 47.6 Å². The molecule has 1 aliphatic heterocycles. The second kappa shape index (κ2) is 12.4. The molecule has 42 heavy (non-hydrogen) atoms. The van der Waals surface area contributed by atoms with Crippen LogP contribution in [0.25, 0.3) is 11.1 Å². The third-order valence-electron chi connectivity index (χ3n) is 6.78. The fraction of sp³-hybridized carbons (Fsp3) is 0.188. The van der Waals surface area contributed by atoms with Crippen molar-refractivity contribution < 1.29 is 32.2 Å². The molecule has 0 saturated carbocycles. The Bertz CT molecular complexity index is 1570. The van der Waals surface area contributed by atoms with Gasteiger partial charge in [0.2, 0.25) is 0 Å². The summed E-state index contributed by atoms with van der Waals surface area (Å²) in [6.45, 7) is 4.96. The van der Waals surface area contributed by atoms with Crippen LogP contribution in [0.15, 0.2) is 91.0 Å². The number of aryl methyl sites for hydroxylation is 1. The number of morpholine rings is 1. The Morgan fingerprint density at radius 2 is 1.38 bits per heavy atom. The lowest BCUT2D eigenvalue weighted by Crippen LogP contribution is -2.36. The second-order valence-corrected chi connectivity index (χ2v) is 9.74. The molecule has 1 heterocycles. The number of amides is 2. The third kappa shape index (κ3) is 7.27. The first kappa shape index (κ1) is 28.7. The van der Waals surface area contributed by atoms with Crippen molar-refractivity contribution in [2.45, 2.75) is 13.3 Å². The molecule has 216 valence electrons. The minimum atomic E-state index is -4.83. The van der Waals surface area contributed by atoms with Crippen molar-refractivity contribution in [3.05, 3.63) is 108 Å². The molecule has 4 aromatic carbocycles. The Labute approximate surface area is 240 Å². The van der Waals surface area contributed by atoms with Gasteiger partial charge in [-0.2, -0.15) is 0 Å². The lowest BCUT2D eigenvalue weighted by molar-refractivity contribution is -0.274. The molecular formula is C32H28F3N3O4. The number of anilines is 3. The Morgan fingerprint density at radius 1 is 0.786 bits per heavy atom. The zero-order chi connectivity index (χ0) is 29.7. The number of ether oxygens (including phenoxy) is 2. The monoisotopic (exact) mass is 575 g/mol. The molecule has 0 spiro atoms. The van der Waals surface area contributed by atoms with Crippen LogP contribution in [0.3, 0.4) is 0 Å². The highest BCUT2D eigenvalue weighted by atomic mass is 19.4. The molecule has 0 atom stereocenters. The largest absolute Gasteiger partial charge is 0.573 e. The van der Waals surface area contributed by atoms with Crippen molar-refractivity contribution in [3.63, 3.8) is 0 Å². The van der Waals surface area contributed by atoms with Gasteiger partial charge in [0.1, 0.15) is 5.75 Å². The summed E-state index contributed by atoms with van der Waals surface area (Å²) in [7, 11) is 0. The summed E-state index contributed by atoms with van der Waals surface area (Å²) in [6, 6.07) is 25.0. The predicted molar refractivity (Wildman–Crippen MR) is 155 cm³/mol. The van der Waals surface area contributed by atoms with E-state index in [1.165, 1.54) is 12.1 Å². The fourth-order valence-electron chi connectivity index (χ4n) is 4.63. The number of rotatable bonds is 7. The number of halogens is 3. The topological polar surface area (TPSA) is 79.9 Å². The van der Waals surface area contributed by atoms with Gasteiger partial charge in [0.15, 0.2) is 0 Å². The number of nitrogens with one attached hydrogen (secondary N) is 2. The van der Waals surface area contributed by atoms with Crippen LogP contribution in [-0.2, 0) is 4.74 Å². The van der Waals surface area contributed by atoms with Gasteiger partial charge in [0.25, 0.3) is 11.8 Å². The van der Waals surface area contributed by atoms with Crippen LogP contribution < -0.4 is 20.3 Å². The number of hydrogen-bond donors (Lipinski definition) is 2. The molecule has 0 aliphatic carbocycles. The Balaban J connectivity index is 1.24. The molecule has 10 heteroatoms. The van der Waals surface area contributed by atoms with E-state index in [4.69, 9.17) is 4.74 Å². The standard InChI is InChI=1S/C32H28F3N3O4/c1-21-5-12-26(37-31(40)24-10-13-27(14-11-24)38-15-17-41-18-16-38)20-29(21)22-6-8-23(9-7-22)30(39)36-25-3-2-4-28(19-25)42-32(33,34)35/h2-14,19-20H,15-18H2,1H3,(H,36,39)(H,37,40). The average molecular weight is 576 g/mol. The zero-order valence-electron chi connectivity index (χ0n) is 22.7. The predicted octanol–water partition coefficient (Wildman–Crippen LogP) is 6.90. The van der Waals surface area contributed by atoms with Crippen LogP contribution in [0.1, 0.15) is 26.3 Å². The number of nitrogens with zero attached hydrogens (tertiary/aromatic N) is 1. The van der Waals surface area contributed by atoms with E-state index in [9.17, 15) is 22.8 Å². The number of carbonyl (C=O) groups excluding carboxylic acids is 2. The Hall–Kier alpha value is -4.83. The van der Waals surface area contributed by atoms with E-state index >= 15 is 0 Å². The summed E-state index contributed by atoms with van der Waals surface area (Å²) in [4.78, 5) is 27.9. The maximum Gasteiger partial charge on any atom is 0.573 e. The minimum Gasteiger partial charge on any atom is -0.406 e. The van der Waals surface area contributed by atoms with Gasteiger partial charge >= 0.3 is 6.36 Å². The summed E-state index contributed by atoms with van der Waals surface area (Å²) in [5, 5.41) is 5.53. The summed E-state index contributed by atoms with van der Waals surface area (Å²) >= 11 is 0. The first-order valence-corrected chi connectivity index (χ1v) is 13.3. The average Bonchev–Trinajstić information content (AvgIpc) is 2.98. The molecule has 4 aromatic rings. The van der Waals surface area contributed by atoms with Crippen LogP contribution in [0, 0.1) is 6.92 Å². The van der Waals surface area contributed by atoms with Gasteiger partial charge in [-0.25, -0.2) is 0 Å². The van der Waals surface area contributed by atoms with E-state index in [2.05, 4.69) is 20.3 Å². The highest BCUT2D eigenvalue weighted by Crippen LogP contribution is 2.29. The summed E-state index contributed by atoms with van der Waals surface area (Å²) in [6.07, 6.45) is -4.83. The quantitative estimate of drug-likeness (QED) is 0.251. The molecule has 5 rings (SSSR count). The van der Waals surface area contributed by atoms with E-state index in [-0.39, 0.29) is 11.6 Å². The van der Waals surface area contributed by atoms with Crippen LogP contribution in [-0.4, -0.2) is 44.5 Å².